The lowest BCUT2D eigenvalue weighted by Crippen LogP contribution is -2.18. The number of ether oxygens (including phenoxy) is 2. The molecular weight excluding hydrogens is 264 g/mol. The standard InChI is InChI=1S/C9H11BrN2O3/c10-7-8(13)11-5-12-9(7)15-4-6-2-1-3-14-6/h5-6H,1-4H2,(H,11,12,13). The zero-order valence-electron chi connectivity index (χ0n) is 8.03. The molecule has 6 heteroatoms. The SMILES string of the molecule is O=c1[nH]cnc(OCC2CCCO2)c1Br. The van der Waals surface area contributed by atoms with Gasteiger partial charge in [0.2, 0.25) is 5.88 Å². The summed E-state index contributed by atoms with van der Waals surface area (Å²) in [7, 11) is 0. The second kappa shape index (κ2) is 4.76. The highest BCUT2D eigenvalue weighted by atomic mass is 79.9. The van der Waals surface area contributed by atoms with E-state index in [0.717, 1.165) is 19.4 Å². The Morgan fingerprint density at radius 2 is 2.60 bits per heavy atom. The fourth-order valence-electron chi connectivity index (χ4n) is 1.41. The molecule has 0 radical (unpaired) electrons. The summed E-state index contributed by atoms with van der Waals surface area (Å²) in [5.74, 6) is 0.314. The van der Waals surface area contributed by atoms with Crippen LogP contribution < -0.4 is 10.3 Å². The second-order valence-corrected chi connectivity index (χ2v) is 4.09. The van der Waals surface area contributed by atoms with E-state index in [1.54, 1.807) is 0 Å². The number of rotatable bonds is 3. The van der Waals surface area contributed by atoms with Crippen molar-refractivity contribution in [1.29, 1.82) is 0 Å². The van der Waals surface area contributed by atoms with E-state index in [4.69, 9.17) is 9.47 Å². The van der Waals surface area contributed by atoms with Gasteiger partial charge in [0.15, 0.2) is 0 Å². The molecule has 0 bridgehead atoms. The molecule has 0 aromatic carbocycles. The van der Waals surface area contributed by atoms with Crippen LogP contribution in [-0.2, 0) is 4.74 Å². The lowest BCUT2D eigenvalue weighted by atomic mass is 10.2. The summed E-state index contributed by atoms with van der Waals surface area (Å²) in [4.78, 5) is 17.5. The highest BCUT2D eigenvalue weighted by Gasteiger charge is 2.17. The predicted octanol–water partition coefficient (Wildman–Crippen LogP) is 1.09. The van der Waals surface area contributed by atoms with Crippen LogP contribution in [0.1, 0.15) is 12.8 Å². The van der Waals surface area contributed by atoms with Crippen molar-refractivity contribution in [3.63, 3.8) is 0 Å². The summed E-state index contributed by atoms with van der Waals surface area (Å²) in [6.07, 6.45) is 3.51. The molecule has 0 aliphatic carbocycles. The number of nitrogens with one attached hydrogen (secondary N) is 1. The molecule has 1 aromatic heterocycles. The summed E-state index contributed by atoms with van der Waals surface area (Å²) in [5, 5.41) is 0. The lowest BCUT2D eigenvalue weighted by Gasteiger charge is -2.10. The van der Waals surface area contributed by atoms with Gasteiger partial charge in [0.1, 0.15) is 11.1 Å². The number of H-pyrrole nitrogens is 1. The van der Waals surface area contributed by atoms with Crippen LogP contribution in [0.15, 0.2) is 15.6 Å². The Hall–Kier alpha value is -0.880. The summed E-state index contributed by atoms with van der Waals surface area (Å²) >= 11 is 3.12. The van der Waals surface area contributed by atoms with Crippen molar-refractivity contribution in [3.05, 3.63) is 21.2 Å². The van der Waals surface area contributed by atoms with Gasteiger partial charge in [-0.2, -0.15) is 0 Å². The van der Waals surface area contributed by atoms with Crippen LogP contribution in [0, 0.1) is 0 Å². The number of aromatic amines is 1. The number of hydrogen-bond donors (Lipinski definition) is 1. The van der Waals surface area contributed by atoms with Gasteiger partial charge in [0, 0.05) is 6.61 Å². The molecule has 1 unspecified atom stereocenters. The van der Waals surface area contributed by atoms with E-state index in [-0.39, 0.29) is 11.7 Å². The molecule has 0 saturated carbocycles. The van der Waals surface area contributed by atoms with Gasteiger partial charge in [-0.3, -0.25) is 4.79 Å². The van der Waals surface area contributed by atoms with Gasteiger partial charge in [0.05, 0.1) is 12.4 Å². The van der Waals surface area contributed by atoms with Crippen molar-refractivity contribution >= 4 is 15.9 Å². The summed E-state index contributed by atoms with van der Waals surface area (Å²) < 4.78 is 11.1. The van der Waals surface area contributed by atoms with E-state index in [0.29, 0.717) is 17.0 Å². The molecule has 0 spiro atoms. The number of hydrogen-bond acceptors (Lipinski definition) is 4. The Kier molecular flexibility index (Phi) is 3.37. The van der Waals surface area contributed by atoms with Gasteiger partial charge in [-0.25, -0.2) is 4.98 Å². The maximum Gasteiger partial charge on any atom is 0.268 e. The maximum absolute atomic E-state index is 11.2. The molecule has 1 atom stereocenters. The minimum atomic E-state index is -0.243. The van der Waals surface area contributed by atoms with Crippen molar-refractivity contribution < 1.29 is 9.47 Å². The monoisotopic (exact) mass is 274 g/mol. The third-order valence-corrected chi connectivity index (χ3v) is 2.89. The minimum Gasteiger partial charge on any atom is -0.474 e. The smallest absolute Gasteiger partial charge is 0.268 e. The molecule has 5 nitrogen and oxygen atoms in total. The molecule has 1 aliphatic heterocycles. The Bertz CT molecular complexity index is 387. The van der Waals surface area contributed by atoms with E-state index < -0.39 is 0 Å². The van der Waals surface area contributed by atoms with Gasteiger partial charge in [-0.1, -0.05) is 0 Å². The van der Waals surface area contributed by atoms with Gasteiger partial charge >= 0.3 is 0 Å². The summed E-state index contributed by atoms with van der Waals surface area (Å²) in [6.45, 7) is 1.23. The molecular formula is C9H11BrN2O3. The average molecular weight is 275 g/mol. The van der Waals surface area contributed by atoms with Crippen molar-refractivity contribution in [2.24, 2.45) is 0 Å². The number of halogens is 1. The van der Waals surface area contributed by atoms with Crippen LogP contribution >= 0.6 is 15.9 Å². The Labute approximate surface area is 94.9 Å². The fourth-order valence-corrected chi connectivity index (χ4v) is 1.75. The van der Waals surface area contributed by atoms with E-state index in [2.05, 4.69) is 25.9 Å². The molecule has 1 aromatic rings. The molecule has 15 heavy (non-hydrogen) atoms. The van der Waals surface area contributed by atoms with E-state index >= 15 is 0 Å². The van der Waals surface area contributed by atoms with Gasteiger partial charge in [0.25, 0.3) is 5.56 Å². The molecule has 1 saturated heterocycles. The van der Waals surface area contributed by atoms with Crippen molar-refractivity contribution in [3.8, 4) is 5.88 Å². The third-order valence-electron chi connectivity index (χ3n) is 2.19. The van der Waals surface area contributed by atoms with Crippen LogP contribution in [0.4, 0.5) is 0 Å². The fraction of sp³-hybridized carbons (Fsp3) is 0.556. The number of aromatic nitrogens is 2. The highest BCUT2D eigenvalue weighted by Crippen LogP contribution is 2.18. The normalized spacial score (nSPS) is 20.5. The van der Waals surface area contributed by atoms with Gasteiger partial charge in [-0.15, -0.1) is 0 Å². The molecule has 82 valence electrons. The van der Waals surface area contributed by atoms with Gasteiger partial charge in [-0.05, 0) is 28.8 Å². The van der Waals surface area contributed by atoms with Crippen LogP contribution in [-0.4, -0.2) is 29.3 Å². The first-order valence-electron chi connectivity index (χ1n) is 4.75. The van der Waals surface area contributed by atoms with Crippen LogP contribution in [0.3, 0.4) is 0 Å². The van der Waals surface area contributed by atoms with Crippen molar-refractivity contribution in [1.82, 2.24) is 9.97 Å². The second-order valence-electron chi connectivity index (χ2n) is 3.30. The molecule has 2 heterocycles. The largest absolute Gasteiger partial charge is 0.474 e. The first-order valence-corrected chi connectivity index (χ1v) is 5.54. The zero-order chi connectivity index (χ0) is 10.7. The average Bonchev–Trinajstić information content (AvgIpc) is 2.73. The van der Waals surface area contributed by atoms with Crippen LogP contribution in [0.25, 0.3) is 0 Å². The highest BCUT2D eigenvalue weighted by molar-refractivity contribution is 9.10. The Morgan fingerprint density at radius 3 is 3.33 bits per heavy atom. The van der Waals surface area contributed by atoms with Crippen molar-refractivity contribution in [2.75, 3.05) is 13.2 Å². The Balaban J connectivity index is 1.98. The summed E-state index contributed by atoms with van der Waals surface area (Å²) in [6, 6.07) is 0. The lowest BCUT2D eigenvalue weighted by molar-refractivity contribution is 0.0659. The number of nitrogens with zero attached hydrogens (tertiary/aromatic N) is 1. The molecule has 1 aliphatic rings. The van der Waals surface area contributed by atoms with Crippen LogP contribution in [0.2, 0.25) is 0 Å². The summed E-state index contributed by atoms with van der Waals surface area (Å²) in [5.41, 5.74) is -0.243. The zero-order valence-corrected chi connectivity index (χ0v) is 9.62. The third kappa shape index (κ3) is 2.57. The van der Waals surface area contributed by atoms with E-state index in [1.165, 1.54) is 6.33 Å². The first-order chi connectivity index (χ1) is 7.27. The predicted molar refractivity (Wildman–Crippen MR) is 57.0 cm³/mol. The van der Waals surface area contributed by atoms with E-state index in [1.807, 2.05) is 0 Å². The quantitative estimate of drug-likeness (QED) is 0.896. The van der Waals surface area contributed by atoms with Gasteiger partial charge < -0.3 is 14.5 Å². The molecule has 1 fully saturated rings. The molecule has 2 rings (SSSR count). The topological polar surface area (TPSA) is 64.2 Å². The molecule has 0 amide bonds. The van der Waals surface area contributed by atoms with Crippen LogP contribution in [0.5, 0.6) is 5.88 Å². The Morgan fingerprint density at radius 1 is 1.73 bits per heavy atom. The molecule has 1 N–H and O–H groups in total. The van der Waals surface area contributed by atoms with Crippen molar-refractivity contribution in [2.45, 2.75) is 18.9 Å². The minimum absolute atomic E-state index is 0.123. The van der Waals surface area contributed by atoms with E-state index in [9.17, 15) is 4.79 Å². The first kappa shape index (κ1) is 10.6. The maximum atomic E-state index is 11.2.